The first-order valence-corrected chi connectivity index (χ1v) is 10.2. The first-order chi connectivity index (χ1) is 14.3. The van der Waals surface area contributed by atoms with Crippen LogP contribution >= 0.6 is 22.6 Å². The fourth-order valence-corrected chi connectivity index (χ4v) is 3.62. The van der Waals surface area contributed by atoms with E-state index < -0.39 is 24.4 Å². The minimum absolute atomic E-state index is 0.00677. The lowest BCUT2D eigenvalue weighted by molar-refractivity contribution is -0.127. The molecule has 3 rings (SSSR count). The van der Waals surface area contributed by atoms with Gasteiger partial charge in [0.25, 0.3) is 5.91 Å². The van der Waals surface area contributed by atoms with Crippen LogP contribution in [-0.4, -0.2) is 41.5 Å². The van der Waals surface area contributed by atoms with Crippen molar-refractivity contribution >= 4 is 52.2 Å². The average Bonchev–Trinajstić information content (AvgIpc) is 2.98. The minimum atomic E-state index is -0.675. The van der Waals surface area contributed by atoms with Gasteiger partial charge in [0.1, 0.15) is 12.2 Å². The number of nitrogens with one attached hydrogen (secondary N) is 2. The second kappa shape index (κ2) is 9.16. The van der Waals surface area contributed by atoms with Crippen LogP contribution in [-0.2, 0) is 16.0 Å². The van der Waals surface area contributed by atoms with Crippen molar-refractivity contribution in [2.75, 3.05) is 19.0 Å². The molecule has 9 heteroatoms. The third kappa shape index (κ3) is 4.56. The van der Waals surface area contributed by atoms with Crippen molar-refractivity contribution in [1.29, 1.82) is 0 Å². The average molecular weight is 521 g/mol. The van der Waals surface area contributed by atoms with Crippen LogP contribution in [0.25, 0.3) is 6.08 Å². The molecule has 1 aliphatic rings. The largest absolute Gasteiger partial charge is 0.504 e. The van der Waals surface area contributed by atoms with Crippen LogP contribution < -0.4 is 15.4 Å². The zero-order valence-corrected chi connectivity index (χ0v) is 18.5. The molecule has 0 aliphatic carbocycles. The second-order valence-corrected chi connectivity index (χ2v) is 7.65. The highest BCUT2D eigenvalue weighted by molar-refractivity contribution is 14.1. The number of carbonyl (C=O) groups is 3. The van der Waals surface area contributed by atoms with E-state index in [1.807, 2.05) is 41.6 Å². The van der Waals surface area contributed by atoms with Crippen molar-refractivity contribution in [3.63, 3.8) is 0 Å². The van der Waals surface area contributed by atoms with Crippen molar-refractivity contribution in [3.8, 4) is 11.5 Å². The Hall–Kier alpha value is -3.08. The number of rotatable bonds is 6. The molecule has 156 valence electrons. The Bertz CT molecular complexity index is 1050. The molecule has 0 unspecified atom stereocenters. The molecule has 0 saturated carbocycles. The highest BCUT2D eigenvalue weighted by Gasteiger charge is 2.35. The van der Waals surface area contributed by atoms with Gasteiger partial charge in [0, 0.05) is 5.69 Å². The number of amides is 4. The van der Waals surface area contributed by atoms with E-state index in [9.17, 15) is 19.5 Å². The summed E-state index contributed by atoms with van der Waals surface area (Å²) in [6, 6.07) is 9.86. The standard InChI is InChI=1S/C21H20IN3O5/c1-3-13-6-4-5-7-15(13)23-18(26)11-25-20(28)16(24-21(25)29)9-12-8-14(22)19(27)17(10-12)30-2/h4-10,27H,3,11H2,1-2H3,(H,23,26)(H,24,29)/b16-9+. The number of methoxy groups -OCH3 is 1. The Morgan fingerprint density at radius 2 is 2.03 bits per heavy atom. The molecule has 0 atom stereocenters. The lowest BCUT2D eigenvalue weighted by Gasteiger charge is -2.13. The summed E-state index contributed by atoms with van der Waals surface area (Å²) in [5, 5.41) is 15.2. The quantitative estimate of drug-likeness (QED) is 0.308. The third-order valence-corrected chi connectivity index (χ3v) is 5.34. The minimum Gasteiger partial charge on any atom is -0.504 e. The van der Waals surface area contributed by atoms with Gasteiger partial charge >= 0.3 is 6.03 Å². The SMILES string of the molecule is CCc1ccccc1NC(=O)CN1C(=O)N/C(=C/c2cc(I)c(O)c(OC)c2)C1=O. The van der Waals surface area contributed by atoms with E-state index in [-0.39, 0.29) is 17.2 Å². The summed E-state index contributed by atoms with van der Waals surface area (Å²) in [7, 11) is 1.42. The molecule has 0 spiro atoms. The van der Waals surface area contributed by atoms with Crippen LogP contribution in [0, 0.1) is 3.57 Å². The van der Waals surface area contributed by atoms with Gasteiger partial charge in [-0.2, -0.15) is 0 Å². The fraction of sp³-hybridized carbons (Fsp3) is 0.190. The Labute approximate surface area is 187 Å². The number of anilines is 1. The smallest absolute Gasteiger partial charge is 0.329 e. The van der Waals surface area contributed by atoms with Crippen molar-refractivity contribution in [2.45, 2.75) is 13.3 Å². The molecule has 30 heavy (non-hydrogen) atoms. The molecule has 4 amide bonds. The van der Waals surface area contributed by atoms with Crippen LogP contribution in [0.3, 0.4) is 0 Å². The van der Waals surface area contributed by atoms with E-state index in [0.717, 1.165) is 16.9 Å². The molecule has 2 aromatic carbocycles. The number of benzene rings is 2. The maximum Gasteiger partial charge on any atom is 0.329 e. The molecule has 0 radical (unpaired) electrons. The molecule has 1 fully saturated rings. The lowest BCUT2D eigenvalue weighted by atomic mass is 10.1. The second-order valence-electron chi connectivity index (χ2n) is 6.49. The number of halogens is 1. The third-order valence-electron chi connectivity index (χ3n) is 4.52. The number of imide groups is 1. The number of para-hydroxylation sites is 1. The molecule has 3 N–H and O–H groups in total. The number of nitrogens with zero attached hydrogens (tertiary/aromatic N) is 1. The van der Waals surface area contributed by atoms with Crippen molar-refractivity contribution in [3.05, 3.63) is 56.8 Å². The molecular formula is C21H20IN3O5. The molecule has 1 saturated heterocycles. The monoisotopic (exact) mass is 521 g/mol. The fourth-order valence-electron chi connectivity index (χ4n) is 3.00. The summed E-state index contributed by atoms with van der Waals surface area (Å²) < 4.78 is 5.64. The Kier molecular flexibility index (Phi) is 6.60. The molecule has 1 aliphatic heterocycles. The number of hydrogen-bond acceptors (Lipinski definition) is 5. The molecule has 8 nitrogen and oxygen atoms in total. The Morgan fingerprint density at radius 1 is 1.30 bits per heavy atom. The van der Waals surface area contributed by atoms with E-state index >= 15 is 0 Å². The normalized spacial score (nSPS) is 14.8. The number of hydrogen-bond donors (Lipinski definition) is 3. The number of carbonyl (C=O) groups excluding carboxylic acids is 3. The van der Waals surface area contributed by atoms with E-state index in [2.05, 4.69) is 10.6 Å². The van der Waals surface area contributed by atoms with Crippen LogP contribution in [0.2, 0.25) is 0 Å². The Morgan fingerprint density at radius 3 is 2.73 bits per heavy atom. The first-order valence-electron chi connectivity index (χ1n) is 9.12. The van der Waals surface area contributed by atoms with Gasteiger partial charge in [-0.15, -0.1) is 0 Å². The number of ether oxygens (including phenoxy) is 1. The van der Waals surface area contributed by atoms with Crippen molar-refractivity contribution in [1.82, 2.24) is 10.2 Å². The van der Waals surface area contributed by atoms with Gasteiger partial charge in [-0.3, -0.25) is 9.59 Å². The van der Waals surface area contributed by atoms with Crippen LogP contribution in [0.5, 0.6) is 11.5 Å². The van der Waals surface area contributed by atoms with Crippen LogP contribution in [0.15, 0.2) is 42.1 Å². The van der Waals surface area contributed by atoms with Gasteiger partial charge in [0.15, 0.2) is 11.5 Å². The summed E-state index contributed by atoms with van der Waals surface area (Å²) in [6.07, 6.45) is 2.20. The maximum absolute atomic E-state index is 12.6. The zero-order chi connectivity index (χ0) is 21.8. The number of phenolic OH excluding ortho intramolecular Hbond substituents is 1. The number of urea groups is 1. The van der Waals surface area contributed by atoms with Crippen molar-refractivity contribution < 1.29 is 24.2 Å². The number of phenols is 1. The summed E-state index contributed by atoms with van der Waals surface area (Å²) in [4.78, 5) is 38.2. The van der Waals surface area contributed by atoms with Gasteiger partial charge in [-0.25, -0.2) is 9.69 Å². The molecule has 2 aromatic rings. The Balaban J connectivity index is 1.75. The summed E-state index contributed by atoms with van der Waals surface area (Å²) in [5.41, 5.74) is 2.20. The van der Waals surface area contributed by atoms with E-state index in [0.29, 0.717) is 14.8 Å². The molecular weight excluding hydrogens is 501 g/mol. The zero-order valence-electron chi connectivity index (χ0n) is 16.4. The van der Waals surface area contributed by atoms with Gasteiger partial charge in [0.2, 0.25) is 5.91 Å². The van der Waals surface area contributed by atoms with Crippen LogP contribution in [0.4, 0.5) is 10.5 Å². The highest BCUT2D eigenvalue weighted by atomic mass is 127. The van der Waals surface area contributed by atoms with Crippen LogP contribution in [0.1, 0.15) is 18.1 Å². The molecule has 0 bridgehead atoms. The van der Waals surface area contributed by atoms with Gasteiger partial charge in [-0.1, -0.05) is 25.1 Å². The topological polar surface area (TPSA) is 108 Å². The maximum atomic E-state index is 12.6. The first kappa shape index (κ1) is 21.6. The molecule has 0 aromatic heterocycles. The van der Waals surface area contributed by atoms with Gasteiger partial charge < -0.3 is 20.5 Å². The van der Waals surface area contributed by atoms with E-state index in [4.69, 9.17) is 4.74 Å². The van der Waals surface area contributed by atoms with Gasteiger partial charge in [-0.05, 0) is 64.4 Å². The van der Waals surface area contributed by atoms with Gasteiger partial charge in [0.05, 0.1) is 10.7 Å². The summed E-state index contributed by atoms with van der Waals surface area (Å²) in [6.45, 7) is 1.56. The highest BCUT2D eigenvalue weighted by Crippen LogP contribution is 2.33. The predicted octanol–water partition coefficient (Wildman–Crippen LogP) is 3.10. The number of aryl methyl sites for hydroxylation is 1. The molecule has 1 heterocycles. The lowest BCUT2D eigenvalue weighted by Crippen LogP contribution is -2.38. The predicted molar refractivity (Wildman–Crippen MR) is 120 cm³/mol. The number of aromatic hydroxyl groups is 1. The van der Waals surface area contributed by atoms with E-state index in [1.165, 1.54) is 13.2 Å². The summed E-state index contributed by atoms with van der Waals surface area (Å²) in [5.74, 6) is -0.841. The van der Waals surface area contributed by atoms with Crippen molar-refractivity contribution in [2.24, 2.45) is 0 Å². The summed E-state index contributed by atoms with van der Waals surface area (Å²) >= 11 is 1.94. The van der Waals surface area contributed by atoms with E-state index in [1.54, 1.807) is 24.3 Å².